The van der Waals surface area contributed by atoms with Gasteiger partial charge in [-0.25, -0.2) is 17.2 Å². The molecule has 0 aliphatic rings. The Balaban J connectivity index is 2.42. The SMILES string of the molecule is CS(=O)(=O)CCCNCC(O)c1c(F)cccc1F. The van der Waals surface area contributed by atoms with E-state index in [2.05, 4.69) is 5.32 Å². The molecule has 1 aromatic rings. The van der Waals surface area contributed by atoms with Crippen molar-refractivity contribution in [2.75, 3.05) is 25.1 Å². The normalized spacial score (nSPS) is 13.5. The second-order valence-corrected chi connectivity index (χ2v) is 6.60. The van der Waals surface area contributed by atoms with Crippen LogP contribution in [0.3, 0.4) is 0 Å². The van der Waals surface area contributed by atoms with Crippen LogP contribution in [-0.2, 0) is 9.84 Å². The van der Waals surface area contributed by atoms with Gasteiger partial charge in [0.15, 0.2) is 0 Å². The summed E-state index contributed by atoms with van der Waals surface area (Å²) in [6.45, 7) is 0.307. The van der Waals surface area contributed by atoms with Crippen LogP contribution in [0.15, 0.2) is 18.2 Å². The summed E-state index contributed by atoms with van der Waals surface area (Å²) in [4.78, 5) is 0. The van der Waals surface area contributed by atoms with Crippen molar-refractivity contribution in [3.63, 3.8) is 0 Å². The van der Waals surface area contributed by atoms with Crippen LogP contribution in [0.4, 0.5) is 8.78 Å². The van der Waals surface area contributed by atoms with Gasteiger partial charge >= 0.3 is 0 Å². The quantitative estimate of drug-likeness (QED) is 0.737. The molecule has 0 saturated carbocycles. The molecule has 1 atom stereocenters. The third kappa shape index (κ3) is 5.63. The molecule has 108 valence electrons. The number of rotatable bonds is 7. The molecule has 7 heteroatoms. The topological polar surface area (TPSA) is 66.4 Å². The number of aliphatic hydroxyl groups is 1. The van der Waals surface area contributed by atoms with Crippen molar-refractivity contribution in [2.24, 2.45) is 0 Å². The van der Waals surface area contributed by atoms with E-state index in [0.717, 1.165) is 18.4 Å². The van der Waals surface area contributed by atoms with E-state index in [1.807, 2.05) is 0 Å². The summed E-state index contributed by atoms with van der Waals surface area (Å²) >= 11 is 0. The maximum Gasteiger partial charge on any atom is 0.147 e. The molecule has 0 aliphatic heterocycles. The third-order valence-corrected chi connectivity index (χ3v) is 3.57. The van der Waals surface area contributed by atoms with Crippen molar-refractivity contribution in [1.29, 1.82) is 0 Å². The van der Waals surface area contributed by atoms with E-state index >= 15 is 0 Å². The number of benzene rings is 1. The highest BCUT2D eigenvalue weighted by Gasteiger charge is 2.17. The number of hydrogen-bond donors (Lipinski definition) is 2. The first-order valence-corrected chi connectivity index (χ1v) is 7.87. The van der Waals surface area contributed by atoms with E-state index in [4.69, 9.17) is 0 Å². The summed E-state index contributed by atoms with van der Waals surface area (Å²) in [5.74, 6) is -1.57. The average Bonchev–Trinajstić information content (AvgIpc) is 2.26. The maximum atomic E-state index is 13.3. The van der Waals surface area contributed by atoms with Crippen molar-refractivity contribution < 1.29 is 22.3 Å². The Morgan fingerprint density at radius 1 is 1.32 bits per heavy atom. The van der Waals surface area contributed by atoms with Crippen LogP contribution in [-0.4, -0.2) is 38.6 Å². The average molecular weight is 293 g/mol. The highest BCUT2D eigenvalue weighted by Crippen LogP contribution is 2.19. The number of halogens is 2. The van der Waals surface area contributed by atoms with Gasteiger partial charge in [-0.1, -0.05) is 6.07 Å². The fourth-order valence-corrected chi connectivity index (χ4v) is 2.30. The Kier molecular flexibility index (Phi) is 5.84. The molecule has 1 unspecified atom stereocenters. The minimum atomic E-state index is -3.01. The van der Waals surface area contributed by atoms with Gasteiger partial charge < -0.3 is 10.4 Å². The zero-order valence-electron chi connectivity index (χ0n) is 10.6. The standard InChI is InChI=1S/C12H17F2NO3S/c1-19(17,18)7-3-6-15-8-11(16)12-9(13)4-2-5-10(12)14/h2,4-5,11,15-16H,3,6-8H2,1H3. The highest BCUT2D eigenvalue weighted by atomic mass is 32.2. The molecule has 0 radical (unpaired) electrons. The molecule has 1 rings (SSSR count). The van der Waals surface area contributed by atoms with E-state index < -0.39 is 27.6 Å². The highest BCUT2D eigenvalue weighted by molar-refractivity contribution is 7.90. The van der Waals surface area contributed by atoms with Crippen molar-refractivity contribution in [1.82, 2.24) is 5.32 Å². The molecule has 4 nitrogen and oxygen atoms in total. The summed E-state index contributed by atoms with van der Waals surface area (Å²) in [6, 6.07) is 3.37. The minimum Gasteiger partial charge on any atom is -0.387 e. The molecule has 2 N–H and O–H groups in total. The van der Waals surface area contributed by atoms with Gasteiger partial charge in [0.05, 0.1) is 17.4 Å². The first-order chi connectivity index (χ1) is 8.81. The monoisotopic (exact) mass is 293 g/mol. The lowest BCUT2D eigenvalue weighted by atomic mass is 10.1. The summed E-state index contributed by atoms with van der Waals surface area (Å²) < 4.78 is 48.4. The summed E-state index contributed by atoms with van der Waals surface area (Å²) in [7, 11) is -3.01. The van der Waals surface area contributed by atoms with Gasteiger partial charge in [0.1, 0.15) is 21.5 Å². The zero-order valence-corrected chi connectivity index (χ0v) is 11.4. The Morgan fingerprint density at radius 3 is 2.42 bits per heavy atom. The second-order valence-electron chi connectivity index (χ2n) is 4.34. The van der Waals surface area contributed by atoms with E-state index in [1.54, 1.807) is 0 Å². The number of aliphatic hydroxyl groups excluding tert-OH is 1. The number of sulfone groups is 1. The zero-order chi connectivity index (χ0) is 14.5. The summed E-state index contributed by atoms with van der Waals surface area (Å²) in [6.07, 6.45) is 0.210. The van der Waals surface area contributed by atoms with E-state index in [0.29, 0.717) is 13.0 Å². The fraction of sp³-hybridized carbons (Fsp3) is 0.500. The van der Waals surface area contributed by atoms with Crippen LogP contribution in [0, 0.1) is 11.6 Å². The van der Waals surface area contributed by atoms with Crippen LogP contribution in [0.1, 0.15) is 18.1 Å². The van der Waals surface area contributed by atoms with E-state index in [-0.39, 0.29) is 17.9 Å². The lowest BCUT2D eigenvalue weighted by molar-refractivity contribution is 0.165. The number of hydrogen-bond acceptors (Lipinski definition) is 4. The minimum absolute atomic E-state index is 0.0319. The molecule has 0 heterocycles. The maximum absolute atomic E-state index is 13.3. The fourth-order valence-electron chi connectivity index (χ4n) is 1.63. The van der Waals surface area contributed by atoms with Crippen LogP contribution in [0.2, 0.25) is 0 Å². The molecule has 0 aliphatic carbocycles. The van der Waals surface area contributed by atoms with E-state index in [9.17, 15) is 22.3 Å². The molecule has 19 heavy (non-hydrogen) atoms. The van der Waals surface area contributed by atoms with Crippen molar-refractivity contribution in [2.45, 2.75) is 12.5 Å². The van der Waals surface area contributed by atoms with Crippen molar-refractivity contribution >= 4 is 9.84 Å². The lowest BCUT2D eigenvalue weighted by Crippen LogP contribution is -2.25. The second kappa shape index (κ2) is 6.93. The molecule has 0 amide bonds. The third-order valence-electron chi connectivity index (χ3n) is 2.54. The van der Waals surface area contributed by atoms with Gasteiger partial charge in [-0.15, -0.1) is 0 Å². The first-order valence-electron chi connectivity index (χ1n) is 5.81. The molecule has 0 spiro atoms. The van der Waals surface area contributed by atoms with Crippen LogP contribution >= 0.6 is 0 Å². The summed E-state index contributed by atoms with van der Waals surface area (Å²) in [5.41, 5.74) is -0.377. The smallest absolute Gasteiger partial charge is 0.147 e. The largest absolute Gasteiger partial charge is 0.387 e. The summed E-state index contributed by atoms with van der Waals surface area (Å²) in [5, 5.41) is 12.4. The Labute approximate surface area is 111 Å². The first kappa shape index (κ1) is 16.0. The molecule has 0 saturated heterocycles. The molecule has 1 aromatic carbocycles. The van der Waals surface area contributed by atoms with Crippen LogP contribution in [0.25, 0.3) is 0 Å². The van der Waals surface area contributed by atoms with Gasteiger partial charge in [-0.3, -0.25) is 0 Å². The Bertz CT molecular complexity index is 499. The molecule has 0 bridgehead atoms. The van der Waals surface area contributed by atoms with Gasteiger partial charge in [0.25, 0.3) is 0 Å². The van der Waals surface area contributed by atoms with Crippen molar-refractivity contribution in [3.05, 3.63) is 35.4 Å². The Morgan fingerprint density at radius 2 is 1.89 bits per heavy atom. The Hall–Kier alpha value is -1.05. The van der Waals surface area contributed by atoms with Gasteiger partial charge in [-0.05, 0) is 25.1 Å². The van der Waals surface area contributed by atoms with Crippen LogP contribution in [0.5, 0.6) is 0 Å². The van der Waals surface area contributed by atoms with E-state index in [1.165, 1.54) is 6.07 Å². The molecular formula is C12H17F2NO3S. The molecule has 0 fully saturated rings. The van der Waals surface area contributed by atoms with Crippen molar-refractivity contribution in [3.8, 4) is 0 Å². The van der Waals surface area contributed by atoms with Crippen LogP contribution < -0.4 is 5.32 Å². The van der Waals surface area contributed by atoms with Gasteiger partial charge in [0, 0.05) is 12.8 Å². The predicted octanol–water partition coefficient (Wildman–Crippen LogP) is 1.02. The predicted molar refractivity (Wildman–Crippen MR) is 68.5 cm³/mol. The molecular weight excluding hydrogens is 276 g/mol. The molecule has 0 aromatic heterocycles. The van der Waals surface area contributed by atoms with Gasteiger partial charge in [0.2, 0.25) is 0 Å². The lowest BCUT2D eigenvalue weighted by Gasteiger charge is -2.13. The van der Waals surface area contributed by atoms with Gasteiger partial charge in [-0.2, -0.15) is 0 Å². The number of nitrogens with one attached hydrogen (secondary N) is 1.